The van der Waals surface area contributed by atoms with E-state index in [1.54, 1.807) is 18.7 Å². The van der Waals surface area contributed by atoms with E-state index < -0.39 is 24.7 Å². The number of nitrogens with one attached hydrogen (secondary N) is 1. The van der Waals surface area contributed by atoms with Crippen LogP contribution in [-0.4, -0.2) is 41.4 Å². The van der Waals surface area contributed by atoms with Crippen LogP contribution in [0.5, 0.6) is 0 Å². The van der Waals surface area contributed by atoms with E-state index >= 15 is 0 Å². The summed E-state index contributed by atoms with van der Waals surface area (Å²) < 4.78 is 36.7. The maximum atomic E-state index is 12.2. The van der Waals surface area contributed by atoms with Gasteiger partial charge in [-0.15, -0.1) is 5.10 Å². The van der Waals surface area contributed by atoms with E-state index in [4.69, 9.17) is 0 Å². The van der Waals surface area contributed by atoms with Gasteiger partial charge in [-0.3, -0.25) is 4.79 Å². The summed E-state index contributed by atoms with van der Waals surface area (Å²) in [7, 11) is 0. The standard InChI is InChI=1S/C14H16F3N5O/c1-8-9(2)20-21-12(10(8)6-18)22-5-3-4-11(22)13(23)19-7-14(15,16)17/h11H,3-5,7H2,1-2H3,(H,19,23)/t11-/m1/s1. The maximum absolute atomic E-state index is 12.2. The van der Waals surface area contributed by atoms with Gasteiger partial charge in [0.15, 0.2) is 5.82 Å². The Kier molecular flexibility index (Phi) is 4.73. The van der Waals surface area contributed by atoms with Crippen LogP contribution in [0.4, 0.5) is 19.0 Å². The average molecular weight is 327 g/mol. The second kappa shape index (κ2) is 6.40. The molecule has 1 saturated heterocycles. The molecular formula is C14H16F3N5O. The number of carbonyl (C=O) groups excluding carboxylic acids is 1. The Morgan fingerprint density at radius 2 is 2.13 bits per heavy atom. The van der Waals surface area contributed by atoms with Crippen molar-refractivity contribution in [2.24, 2.45) is 0 Å². The lowest BCUT2D eigenvalue weighted by Gasteiger charge is -2.26. The summed E-state index contributed by atoms with van der Waals surface area (Å²) in [5.74, 6) is -0.469. The minimum atomic E-state index is -4.46. The van der Waals surface area contributed by atoms with Gasteiger partial charge in [0.1, 0.15) is 24.2 Å². The Labute approximate surface area is 131 Å². The summed E-state index contributed by atoms with van der Waals surface area (Å²) in [5, 5.41) is 19.2. The minimum absolute atomic E-state index is 0.250. The van der Waals surface area contributed by atoms with E-state index in [2.05, 4.69) is 10.2 Å². The Morgan fingerprint density at radius 3 is 2.74 bits per heavy atom. The molecule has 124 valence electrons. The molecule has 6 nitrogen and oxygen atoms in total. The highest BCUT2D eigenvalue weighted by atomic mass is 19.4. The smallest absolute Gasteiger partial charge is 0.345 e. The molecule has 0 aliphatic carbocycles. The van der Waals surface area contributed by atoms with Crippen LogP contribution in [0.2, 0.25) is 0 Å². The first-order chi connectivity index (χ1) is 10.7. The minimum Gasteiger partial charge on any atom is -0.345 e. The highest BCUT2D eigenvalue weighted by Crippen LogP contribution is 2.28. The van der Waals surface area contributed by atoms with Gasteiger partial charge in [0, 0.05) is 6.54 Å². The van der Waals surface area contributed by atoms with Gasteiger partial charge in [0.05, 0.1) is 5.69 Å². The number of amides is 1. The number of carbonyl (C=O) groups is 1. The number of alkyl halides is 3. The van der Waals surface area contributed by atoms with Gasteiger partial charge in [-0.1, -0.05) is 0 Å². The average Bonchev–Trinajstić information content (AvgIpc) is 2.96. The molecule has 0 saturated carbocycles. The predicted molar refractivity (Wildman–Crippen MR) is 75.7 cm³/mol. The fourth-order valence-electron chi connectivity index (χ4n) is 2.53. The topological polar surface area (TPSA) is 81.9 Å². The third kappa shape index (κ3) is 3.70. The van der Waals surface area contributed by atoms with Crippen molar-refractivity contribution in [3.63, 3.8) is 0 Å². The van der Waals surface area contributed by atoms with Crippen molar-refractivity contribution in [1.82, 2.24) is 15.5 Å². The van der Waals surface area contributed by atoms with Crippen LogP contribution >= 0.6 is 0 Å². The fraction of sp³-hybridized carbons (Fsp3) is 0.571. The van der Waals surface area contributed by atoms with Gasteiger partial charge in [-0.05, 0) is 32.3 Å². The normalized spacial score (nSPS) is 17.9. The first kappa shape index (κ1) is 17.0. The Balaban J connectivity index is 2.24. The summed E-state index contributed by atoms with van der Waals surface area (Å²) in [4.78, 5) is 13.6. The highest BCUT2D eigenvalue weighted by molar-refractivity contribution is 5.86. The fourth-order valence-corrected chi connectivity index (χ4v) is 2.53. The van der Waals surface area contributed by atoms with Crippen molar-refractivity contribution < 1.29 is 18.0 Å². The number of aromatic nitrogens is 2. The number of rotatable bonds is 3. The second-order valence-corrected chi connectivity index (χ2v) is 5.41. The molecule has 0 bridgehead atoms. The number of nitrogens with zero attached hydrogens (tertiary/aromatic N) is 4. The molecule has 0 aromatic carbocycles. The molecule has 1 N–H and O–H groups in total. The van der Waals surface area contributed by atoms with E-state index in [-0.39, 0.29) is 5.82 Å². The van der Waals surface area contributed by atoms with Crippen LogP contribution in [0, 0.1) is 25.2 Å². The first-order valence-corrected chi connectivity index (χ1v) is 7.09. The Hall–Kier alpha value is -2.37. The van der Waals surface area contributed by atoms with Crippen LogP contribution in [-0.2, 0) is 4.79 Å². The lowest BCUT2D eigenvalue weighted by molar-refractivity contribution is -0.139. The number of halogens is 3. The molecule has 0 radical (unpaired) electrons. The summed E-state index contributed by atoms with van der Waals surface area (Å²) in [6.07, 6.45) is -3.43. The van der Waals surface area contributed by atoms with Crippen molar-refractivity contribution in [3.8, 4) is 6.07 Å². The molecule has 1 fully saturated rings. The molecule has 1 aliphatic rings. The number of hydrogen-bond acceptors (Lipinski definition) is 5. The van der Waals surface area contributed by atoms with Gasteiger partial charge in [-0.2, -0.15) is 23.5 Å². The second-order valence-electron chi connectivity index (χ2n) is 5.41. The molecule has 1 amide bonds. The van der Waals surface area contributed by atoms with Crippen LogP contribution < -0.4 is 10.2 Å². The van der Waals surface area contributed by atoms with Crippen molar-refractivity contribution in [2.75, 3.05) is 18.0 Å². The monoisotopic (exact) mass is 327 g/mol. The van der Waals surface area contributed by atoms with E-state index in [9.17, 15) is 23.2 Å². The van der Waals surface area contributed by atoms with Crippen molar-refractivity contribution in [3.05, 3.63) is 16.8 Å². The van der Waals surface area contributed by atoms with Crippen LogP contribution in [0.15, 0.2) is 0 Å². The number of hydrogen-bond donors (Lipinski definition) is 1. The van der Waals surface area contributed by atoms with Crippen LogP contribution in [0.25, 0.3) is 0 Å². The molecule has 23 heavy (non-hydrogen) atoms. The van der Waals surface area contributed by atoms with E-state index in [0.29, 0.717) is 36.2 Å². The lowest BCUT2D eigenvalue weighted by Crippen LogP contribution is -2.46. The van der Waals surface area contributed by atoms with Gasteiger partial charge in [0.25, 0.3) is 0 Å². The highest BCUT2D eigenvalue weighted by Gasteiger charge is 2.36. The molecule has 1 aromatic heterocycles. The molecule has 2 rings (SSSR count). The summed E-state index contributed by atoms with van der Waals surface area (Å²) >= 11 is 0. The molecular weight excluding hydrogens is 311 g/mol. The maximum Gasteiger partial charge on any atom is 0.405 e. The first-order valence-electron chi connectivity index (χ1n) is 7.09. The van der Waals surface area contributed by atoms with E-state index in [1.165, 1.54) is 0 Å². The molecule has 0 unspecified atom stereocenters. The lowest BCUT2D eigenvalue weighted by atomic mass is 10.1. The quantitative estimate of drug-likeness (QED) is 0.912. The summed E-state index contributed by atoms with van der Waals surface area (Å²) in [6, 6.07) is 1.26. The van der Waals surface area contributed by atoms with Gasteiger partial charge in [0.2, 0.25) is 5.91 Å². The van der Waals surface area contributed by atoms with Crippen molar-refractivity contribution >= 4 is 11.7 Å². The van der Waals surface area contributed by atoms with Gasteiger partial charge < -0.3 is 10.2 Å². The number of nitriles is 1. The third-order valence-electron chi connectivity index (χ3n) is 3.84. The molecule has 0 spiro atoms. The van der Waals surface area contributed by atoms with Crippen molar-refractivity contribution in [1.29, 1.82) is 5.26 Å². The molecule has 1 atom stereocenters. The third-order valence-corrected chi connectivity index (χ3v) is 3.84. The zero-order chi connectivity index (χ0) is 17.2. The molecule has 1 aromatic rings. The van der Waals surface area contributed by atoms with E-state index in [1.807, 2.05) is 11.4 Å². The SMILES string of the molecule is Cc1nnc(N2CCC[C@@H]2C(=O)NCC(F)(F)F)c(C#N)c1C. The largest absolute Gasteiger partial charge is 0.405 e. The Bertz CT molecular complexity index is 653. The number of aryl methyl sites for hydroxylation is 1. The zero-order valence-electron chi connectivity index (χ0n) is 12.7. The number of anilines is 1. The summed E-state index contributed by atoms with van der Waals surface area (Å²) in [6.45, 7) is 2.50. The molecule has 2 heterocycles. The van der Waals surface area contributed by atoms with Gasteiger partial charge in [-0.25, -0.2) is 0 Å². The summed E-state index contributed by atoms with van der Waals surface area (Å²) in [5.41, 5.74) is 1.55. The molecule has 9 heteroatoms. The van der Waals surface area contributed by atoms with Crippen LogP contribution in [0.1, 0.15) is 29.7 Å². The van der Waals surface area contributed by atoms with E-state index in [0.717, 1.165) is 0 Å². The predicted octanol–water partition coefficient (Wildman–Crippen LogP) is 1.61. The van der Waals surface area contributed by atoms with Gasteiger partial charge >= 0.3 is 6.18 Å². The van der Waals surface area contributed by atoms with Crippen molar-refractivity contribution in [2.45, 2.75) is 38.9 Å². The van der Waals surface area contributed by atoms with Crippen LogP contribution in [0.3, 0.4) is 0 Å². The molecule has 1 aliphatic heterocycles. The Morgan fingerprint density at radius 1 is 1.43 bits per heavy atom. The zero-order valence-corrected chi connectivity index (χ0v) is 12.7.